The number of aromatic nitrogens is 1. The molecule has 0 N–H and O–H groups in total. The molecule has 1 aliphatic heterocycles. The Hall–Kier alpha value is -2.66. The number of carbonyl (C=O) groups is 1. The second-order valence-corrected chi connectivity index (χ2v) is 6.88. The standard InChI is InChI=1S/C20H17FN2OS/c21-17-5-3-15(4-6-17)16-7-12-23(13-8-16)20(24)19-18(9-14-25-19)22-10-1-2-11-22/h1-7,9-11,14H,8,12-13H2. The van der Waals surface area contributed by atoms with Crippen LogP contribution in [0.3, 0.4) is 0 Å². The maximum absolute atomic E-state index is 13.1. The molecule has 0 saturated heterocycles. The van der Waals surface area contributed by atoms with Crippen molar-refractivity contribution in [2.45, 2.75) is 6.42 Å². The monoisotopic (exact) mass is 352 g/mol. The lowest BCUT2D eigenvalue weighted by molar-refractivity contribution is 0.0777. The summed E-state index contributed by atoms with van der Waals surface area (Å²) in [6, 6.07) is 12.4. The quantitative estimate of drug-likeness (QED) is 0.676. The molecule has 3 nitrogen and oxygen atoms in total. The molecule has 1 amide bonds. The SMILES string of the molecule is O=C(c1sccc1-n1cccc1)N1CC=C(c2ccc(F)cc2)CC1. The normalized spacial score (nSPS) is 14.4. The largest absolute Gasteiger partial charge is 0.334 e. The van der Waals surface area contributed by atoms with E-state index in [4.69, 9.17) is 0 Å². The summed E-state index contributed by atoms with van der Waals surface area (Å²) in [4.78, 5) is 15.5. The van der Waals surface area contributed by atoms with Crippen molar-refractivity contribution in [2.24, 2.45) is 0 Å². The minimum absolute atomic E-state index is 0.0631. The third-order valence-electron chi connectivity index (χ3n) is 4.43. The van der Waals surface area contributed by atoms with E-state index in [-0.39, 0.29) is 11.7 Å². The predicted molar refractivity (Wildman–Crippen MR) is 98.5 cm³/mol. The third-order valence-corrected chi connectivity index (χ3v) is 5.32. The highest BCUT2D eigenvalue weighted by molar-refractivity contribution is 7.12. The Morgan fingerprint density at radius 1 is 1.08 bits per heavy atom. The summed E-state index contributed by atoms with van der Waals surface area (Å²) in [6.07, 6.45) is 6.74. The molecule has 0 unspecified atom stereocenters. The van der Waals surface area contributed by atoms with Crippen LogP contribution in [-0.2, 0) is 0 Å². The number of rotatable bonds is 3. The molecule has 1 aliphatic rings. The van der Waals surface area contributed by atoms with Crippen LogP contribution in [0.25, 0.3) is 11.3 Å². The fraction of sp³-hybridized carbons (Fsp3) is 0.150. The van der Waals surface area contributed by atoms with Gasteiger partial charge in [-0.25, -0.2) is 4.39 Å². The van der Waals surface area contributed by atoms with Gasteiger partial charge >= 0.3 is 0 Å². The number of nitrogens with zero attached hydrogens (tertiary/aromatic N) is 2. The first kappa shape index (κ1) is 15.8. The van der Waals surface area contributed by atoms with Crippen LogP contribution >= 0.6 is 11.3 Å². The first-order valence-electron chi connectivity index (χ1n) is 8.17. The molecule has 0 aliphatic carbocycles. The zero-order valence-electron chi connectivity index (χ0n) is 13.6. The van der Waals surface area contributed by atoms with Crippen molar-refractivity contribution in [1.29, 1.82) is 0 Å². The van der Waals surface area contributed by atoms with Gasteiger partial charge in [-0.05, 0) is 53.3 Å². The average molecular weight is 352 g/mol. The Bertz CT molecular complexity index is 910. The minimum atomic E-state index is -0.229. The maximum Gasteiger partial charge on any atom is 0.266 e. The number of thiophene rings is 1. The van der Waals surface area contributed by atoms with Gasteiger partial charge < -0.3 is 9.47 Å². The molecular formula is C20H17FN2OS. The topological polar surface area (TPSA) is 25.2 Å². The fourth-order valence-electron chi connectivity index (χ4n) is 3.08. The van der Waals surface area contributed by atoms with Gasteiger partial charge in [0.05, 0.1) is 5.69 Å². The Labute approximate surface area is 149 Å². The molecular weight excluding hydrogens is 335 g/mol. The molecule has 0 fully saturated rings. The van der Waals surface area contributed by atoms with Crippen molar-refractivity contribution in [3.05, 3.63) is 82.6 Å². The van der Waals surface area contributed by atoms with Crippen molar-refractivity contribution in [3.63, 3.8) is 0 Å². The lowest BCUT2D eigenvalue weighted by atomic mass is 9.99. The smallest absolute Gasteiger partial charge is 0.266 e. The van der Waals surface area contributed by atoms with Gasteiger partial charge in [0, 0.05) is 25.5 Å². The average Bonchev–Trinajstić information content (AvgIpc) is 3.33. The van der Waals surface area contributed by atoms with E-state index in [1.807, 2.05) is 45.4 Å². The van der Waals surface area contributed by atoms with Gasteiger partial charge in [0.15, 0.2) is 0 Å². The van der Waals surface area contributed by atoms with Crippen molar-refractivity contribution in [1.82, 2.24) is 9.47 Å². The zero-order valence-corrected chi connectivity index (χ0v) is 14.4. The number of halogens is 1. The number of carbonyl (C=O) groups excluding carboxylic acids is 1. The lowest BCUT2D eigenvalue weighted by Gasteiger charge is -2.26. The van der Waals surface area contributed by atoms with E-state index >= 15 is 0 Å². The number of hydrogen-bond donors (Lipinski definition) is 0. The van der Waals surface area contributed by atoms with E-state index in [0.717, 1.165) is 22.5 Å². The van der Waals surface area contributed by atoms with Crippen molar-refractivity contribution in [3.8, 4) is 5.69 Å². The lowest BCUT2D eigenvalue weighted by Crippen LogP contribution is -2.34. The summed E-state index contributed by atoms with van der Waals surface area (Å²) in [5.41, 5.74) is 3.12. The zero-order chi connectivity index (χ0) is 17.2. The van der Waals surface area contributed by atoms with Crippen LogP contribution in [0, 0.1) is 5.82 Å². The van der Waals surface area contributed by atoms with Gasteiger partial charge in [0.2, 0.25) is 0 Å². The van der Waals surface area contributed by atoms with Crippen LogP contribution in [-0.4, -0.2) is 28.5 Å². The van der Waals surface area contributed by atoms with Gasteiger partial charge in [-0.15, -0.1) is 11.3 Å². The number of benzene rings is 1. The van der Waals surface area contributed by atoms with Crippen LogP contribution in [0.5, 0.6) is 0 Å². The third kappa shape index (κ3) is 3.15. The summed E-state index contributed by atoms with van der Waals surface area (Å²) in [7, 11) is 0. The summed E-state index contributed by atoms with van der Waals surface area (Å²) in [5, 5.41) is 1.95. The Morgan fingerprint density at radius 3 is 2.52 bits per heavy atom. The summed E-state index contributed by atoms with van der Waals surface area (Å²) < 4.78 is 15.0. The molecule has 0 saturated carbocycles. The minimum Gasteiger partial charge on any atom is -0.334 e. The van der Waals surface area contributed by atoms with E-state index in [1.165, 1.54) is 29.0 Å². The Kier molecular flexibility index (Phi) is 4.24. The highest BCUT2D eigenvalue weighted by atomic mass is 32.1. The first-order chi connectivity index (χ1) is 12.2. The number of amides is 1. The van der Waals surface area contributed by atoms with Gasteiger partial charge in [-0.3, -0.25) is 4.79 Å². The second kappa shape index (κ2) is 6.69. The summed E-state index contributed by atoms with van der Waals surface area (Å²) >= 11 is 1.47. The van der Waals surface area contributed by atoms with E-state index in [0.29, 0.717) is 13.1 Å². The molecule has 3 aromatic rings. The molecule has 2 aromatic heterocycles. The van der Waals surface area contributed by atoms with E-state index in [2.05, 4.69) is 6.08 Å². The highest BCUT2D eigenvalue weighted by Gasteiger charge is 2.23. The molecule has 0 atom stereocenters. The first-order valence-corrected chi connectivity index (χ1v) is 9.05. The molecule has 25 heavy (non-hydrogen) atoms. The van der Waals surface area contributed by atoms with E-state index in [9.17, 15) is 9.18 Å². The van der Waals surface area contributed by atoms with Crippen LogP contribution in [0.1, 0.15) is 21.7 Å². The molecule has 3 heterocycles. The summed E-state index contributed by atoms with van der Waals surface area (Å²) in [6.45, 7) is 1.25. The molecule has 5 heteroatoms. The van der Waals surface area contributed by atoms with Crippen LogP contribution in [0.2, 0.25) is 0 Å². The maximum atomic E-state index is 13.1. The number of hydrogen-bond acceptors (Lipinski definition) is 2. The van der Waals surface area contributed by atoms with Crippen LogP contribution in [0.15, 0.2) is 66.3 Å². The van der Waals surface area contributed by atoms with E-state index < -0.39 is 0 Å². The van der Waals surface area contributed by atoms with Crippen molar-refractivity contribution < 1.29 is 9.18 Å². The predicted octanol–water partition coefficient (Wildman–Crippen LogP) is 4.61. The van der Waals surface area contributed by atoms with Gasteiger partial charge in [-0.2, -0.15) is 0 Å². The van der Waals surface area contributed by atoms with Crippen molar-refractivity contribution >= 4 is 22.8 Å². The Balaban J connectivity index is 1.52. The fourth-order valence-corrected chi connectivity index (χ4v) is 3.94. The van der Waals surface area contributed by atoms with Gasteiger partial charge in [0.25, 0.3) is 5.91 Å². The second-order valence-electron chi connectivity index (χ2n) is 5.96. The molecule has 1 aromatic carbocycles. The summed E-state index contributed by atoms with van der Waals surface area (Å²) in [5.74, 6) is -0.166. The van der Waals surface area contributed by atoms with Gasteiger partial charge in [-0.1, -0.05) is 18.2 Å². The van der Waals surface area contributed by atoms with Gasteiger partial charge in [0.1, 0.15) is 10.7 Å². The molecule has 0 bridgehead atoms. The molecule has 0 radical (unpaired) electrons. The van der Waals surface area contributed by atoms with Crippen molar-refractivity contribution in [2.75, 3.05) is 13.1 Å². The van der Waals surface area contributed by atoms with Crippen LogP contribution in [0.4, 0.5) is 4.39 Å². The Morgan fingerprint density at radius 2 is 1.84 bits per heavy atom. The molecule has 0 spiro atoms. The van der Waals surface area contributed by atoms with Crippen LogP contribution < -0.4 is 0 Å². The van der Waals surface area contributed by atoms with E-state index in [1.54, 1.807) is 12.1 Å². The molecule has 4 rings (SSSR count). The molecule has 126 valence electrons. The highest BCUT2D eigenvalue weighted by Crippen LogP contribution is 2.27.